The van der Waals surface area contributed by atoms with Crippen molar-refractivity contribution in [3.8, 4) is 0 Å². The molecule has 1 saturated heterocycles. The first-order chi connectivity index (χ1) is 9.19. The van der Waals surface area contributed by atoms with Crippen LogP contribution in [-0.2, 0) is 9.59 Å². The molecule has 0 radical (unpaired) electrons. The number of piperazine rings is 1. The van der Waals surface area contributed by atoms with Gasteiger partial charge in [0.2, 0.25) is 11.8 Å². The molecule has 2 amide bonds. The molecule has 0 aromatic carbocycles. The van der Waals surface area contributed by atoms with Gasteiger partial charge < -0.3 is 15.5 Å². The highest BCUT2D eigenvalue weighted by Crippen LogP contribution is 2.11. The summed E-state index contributed by atoms with van der Waals surface area (Å²) in [6.45, 7) is 7.23. The summed E-state index contributed by atoms with van der Waals surface area (Å²) >= 11 is 0. The van der Waals surface area contributed by atoms with Crippen molar-refractivity contribution in [1.82, 2.24) is 14.7 Å². The molecular weight excluding hydrogens is 256 g/mol. The zero-order valence-electron chi connectivity index (χ0n) is 13.2. The Hall–Kier alpha value is -1.14. The van der Waals surface area contributed by atoms with Crippen LogP contribution in [-0.4, -0.2) is 78.9 Å². The summed E-state index contributed by atoms with van der Waals surface area (Å²) < 4.78 is 0. The molecule has 0 aliphatic carbocycles. The minimum absolute atomic E-state index is 0.106. The molecule has 1 fully saturated rings. The van der Waals surface area contributed by atoms with Crippen LogP contribution in [0.2, 0.25) is 0 Å². The van der Waals surface area contributed by atoms with Gasteiger partial charge in [0, 0.05) is 52.2 Å². The molecule has 116 valence electrons. The summed E-state index contributed by atoms with van der Waals surface area (Å²) in [5.41, 5.74) is 5.60. The van der Waals surface area contributed by atoms with Gasteiger partial charge in [0.25, 0.3) is 0 Å². The van der Waals surface area contributed by atoms with Gasteiger partial charge >= 0.3 is 0 Å². The van der Waals surface area contributed by atoms with Gasteiger partial charge in [0.05, 0.1) is 6.54 Å². The molecule has 0 spiro atoms. The number of carbonyl (C=O) groups excluding carboxylic acids is 2. The third-order valence-electron chi connectivity index (χ3n) is 3.57. The molecule has 6 heteroatoms. The fourth-order valence-corrected chi connectivity index (χ4v) is 2.08. The third kappa shape index (κ3) is 5.88. The fourth-order valence-electron chi connectivity index (χ4n) is 2.08. The molecule has 0 unspecified atom stereocenters. The van der Waals surface area contributed by atoms with Crippen molar-refractivity contribution in [1.29, 1.82) is 0 Å². The number of nitrogens with zero attached hydrogens (tertiary/aromatic N) is 3. The zero-order chi connectivity index (χ0) is 15.3. The Labute approximate surface area is 121 Å². The van der Waals surface area contributed by atoms with Crippen molar-refractivity contribution in [2.45, 2.75) is 32.2 Å². The van der Waals surface area contributed by atoms with Gasteiger partial charge in [0.1, 0.15) is 0 Å². The summed E-state index contributed by atoms with van der Waals surface area (Å²) in [6.07, 6.45) is 1.20. The fraction of sp³-hybridized carbons (Fsp3) is 0.857. The highest BCUT2D eigenvalue weighted by molar-refractivity contribution is 5.78. The molecule has 0 atom stereocenters. The van der Waals surface area contributed by atoms with E-state index in [2.05, 4.69) is 4.90 Å². The number of hydrogen-bond donors (Lipinski definition) is 1. The average Bonchev–Trinajstić information content (AvgIpc) is 2.35. The molecule has 0 bridgehead atoms. The summed E-state index contributed by atoms with van der Waals surface area (Å²) in [5, 5.41) is 0. The number of nitrogens with two attached hydrogens (primary N) is 1. The predicted molar refractivity (Wildman–Crippen MR) is 79.2 cm³/mol. The quantitative estimate of drug-likeness (QED) is 0.755. The number of rotatable bonds is 5. The smallest absolute Gasteiger partial charge is 0.236 e. The zero-order valence-corrected chi connectivity index (χ0v) is 13.2. The minimum Gasteiger partial charge on any atom is -0.348 e. The molecule has 20 heavy (non-hydrogen) atoms. The first-order valence-corrected chi connectivity index (χ1v) is 7.18. The molecule has 2 N–H and O–H groups in total. The lowest BCUT2D eigenvalue weighted by Gasteiger charge is -2.35. The van der Waals surface area contributed by atoms with Crippen molar-refractivity contribution < 1.29 is 9.59 Å². The van der Waals surface area contributed by atoms with Gasteiger partial charge in [-0.2, -0.15) is 0 Å². The van der Waals surface area contributed by atoms with E-state index in [4.69, 9.17) is 5.73 Å². The molecule has 0 saturated carbocycles. The highest BCUT2D eigenvalue weighted by Gasteiger charge is 2.23. The Bertz CT molecular complexity index is 342. The van der Waals surface area contributed by atoms with E-state index in [0.29, 0.717) is 32.5 Å². The van der Waals surface area contributed by atoms with Gasteiger partial charge in [0.15, 0.2) is 0 Å². The van der Waals surface area contributed by atoms with Crippen LogP contribution in [0.25, 0.3) is 0 Å². The van der Waals surface area contributed by atoms with E-state index in [1.54, 1.807) is 19.0 Å². The first-order valence-electron chi connectivity index (χ1n) is 7.18. The van der Waals surface area contributed by atoms with Crippen LogP contribution in [0.4, 0.5) is 0 Å². The van der Waals surface area contributed by atoms with Crippen molar-refractivity contribution in [2.24, 2.45) is 5.73 Å². The van der Waals surface area contributed by atoms with Crippen LogP contribution < -0.4 is 5.73 Å². The van der Waals surface area contributed by atoms with E-state index < -0.39 is 0 Å². The lowest BCUT2D eigenvalue weighted by Crippen LogP contribution is -2.51. The number of amides is 2. The Balaban J connectivity index is 2.31. The number of hydrogen-bond acceptors (Lipinski definition) is 4. The van der Waals surface area contributed by atoms with Crippen LogP contribution in [0.1, 0.15) is 26.7 Å². The van der Waals surface area contributed by atoms with Gasteiger partial charge in [-0.1, -0.05) is 0 Å². The molecular formula is C14H28N4O2. The summed E-state index contributed by atoms with van der Waals surface area (Å²) in [5.74, 6) is 0.275. The first kappa shape index (κ1) is 16.9. The second-order valence-electron chi connectivity index (χ2n) is 6.43. The van der Waals surface area contributed by atoms with E-state index >= 15 is 0 Å². The number of carbonyl (C=O) groups is 2. The summed E-state index contributed by atoms with van der Waals surface area (Å²) in [7, 11) is 3.52. The van der Waals surface area contributed by atoms with Crippen molar-refractivity contribution >= 4 is 11.8 Å². The molecule has 6 nitrogen and oxygen atoms in total. The van der Waals surface area contributed by atoms with Crippen molar-refractivity contribution in [2.75, 3.05) is 46.8 Å². The SMILES string of the molecule is CN(C)C(=O)CN1CCN(C(=O)CCC(C)(C)N)CC1. The van der Waals surface area contributed by atoms with Gasteiger partial charge in [-0.15, -0.1) is 0 Å². The molecule has 1 aliphatic heterocycles. The van der Waals surface area contributed by atoms with E-state index in [1.165, 1.54) is 0 Å². The van der Waals surface area contributed by atoms with E-state index in [9.17, 15) is 9.59 Å². The number of likely N-dealkylation sites (N-methyl/N-ethyl adjacent to an activating group) is 1. The normalized spacial score (nSPS) is 17.1. The highest BCUT2D eigenvalue weighted by atomic mass is 16.2. The third-order valence-corrected chi connectivity index (χ3v) is 3.57. The van der Waals surface area contributed by atoms with Crippen molar-refractivity contribution in [3.63, 3.8) is 0 Å². The van der Waals surface area contributed by atoms with Gasteiger partial charge in [-0.3, -0.25) is 14.5 Å². The lowest BCUT2D eigenvalue weighted by atomic mass is 9.99. The van der Waals surface area contributed by atoms with Crippen LogP contribution >= 0.6 is 0 Å². The summed E-state index contributed by atoms with van der Waals surface area (Å²) in [4.78, 5) is 29.3. The lowest BCUT2D eigenvalue weighted by molar-refractivity contribution is -0.134. The molecule has 1 rings (SSSR count). The standard InChI is InChI=1S/C14H28N4O2/c1-14(2,15)6-5-12(19)18-9-7-17(8-10-18)11-13(20)16(3)4/h5-11,15H2,1-4H3. The topological polar surface area (TPSA) is 69.9 Å². The largest absolute Gasteiger partial charge is 0.348 e. The second kappa shape index (κ2) is 7.04. The van der Waals surface area contributed by atoms with Crippen LogP contribution in [0.5, 0.6) is 0 Å². The molecule has 1 aliphatic rings. The molecule has 0 aromatic heterocycles. The Kier molecular flexibility index (Phi) is 5.95. The minimum atomic E-state index is -0.296. The molecule has 0 aromatic rings. The maximum Gasteiger partial charge on any atom is 0.236 e. The second-order valence-corrected chi connectivity index (χ2v) is 6.43. The Morgan fingerprint density at radius 3 is 2.15 bits per heavy atom. The van der Waals surface area contributed by atoms with E-state index in [1.807, 2.05) is 18.7 Å². The van der Waals surface area contributed by atoms with Gasteiger partial charge in [-0.25, -0.2) is 0 Å². The maximum absolute atomic E-state index is 12.1. The van der Waals surface area contributed by atoms with E-state index in [-0.39, 0.29) is 17.4 Å². The maximum atomic E-state index is 12.1. The van der Waals surface area contributed by atoms with Crippen LogP contribution in [0.3, 0.4) is 0 Å². The summed E-state index contributed by atoms with van der Waals surface area (Å²) in [6, 6.07) is 0. The average molecular weight is 284 g/mol. The predicted octanol–water partition coefficient (Wildman–Crippen LogP) is -0.264. The Morgan fingerprint density at radius 2 is 1.70 bits per heavy atom. The Morgan fingerprint density at radius 1 is 1.15 bits per heavy atom. The van der Waals surface area contributed by atoms with Crippen LogP contribution in [0.15, 0.2) is 0 Å². The molecule has 1 heterocycles. The monoisotopic (exact) mass is 284 g/mol. The van der Waals surface area contributed by atoms with Gasteiger partial charge in [-0.05, 0) is 20.3 Å². The van der Waals surface area contributed by atoms with Crippen molar-refractivity contribution in [3.05, 3.63) is 0 Å². The van der Waals surface area contributed by atoms with Crippen LogP contribution in [0, 0.1) is 0 Å². The van der Waals surface area contributed by atoms with E-state index in [0.717, 1.165) is 13.1 Å².